The van der Waals surface area contributed by atoms with E-state index in [1.165, 1.54) is 0 Å². The first-order valence-electron chi connectivity index (χ1n) is 8.63. The second-order valence-corrected chi connectivity index (χ2v) is 7.89. The largest absolute Gasteiger partial charge is 0.411 e. The Morgan fingerprint density at radius 3 is 2.48 bits per heavy atom. The number of nitrogens with zero attached hydrogens (tertiary/aromatic N) is 2. The van der Waals surface area contributed by atoms with Crippen LogP contribution in [0.3, 0.4) is 0 Å². The minimum Gasteiger partial charge on any atom is -0.411 e. The number of halogens is 2. The summed E-state index contributed by atoms with van der Waals surface area (Å²) in [6, 6.07) is 18.0. The quantitative estimate of drug-likeness (QED) is 0.277. The predicted octanol–water partition coefficient (Wildman–Crippen LogP) is 6.51. The Morgan fingerprint density at radius 2 is 1.85 bits per heavy atom. The second kappa shape index (κ2) is 8.68. The molecule has 0 aliphatic heterocycles. The van der Waals surface area contributed by atoms with Crippen LogP contribution in [0.4, 0.5) is 0 Å². The number of aryl methyl sites for hydroxylation is 2. The fraction of sp³-hybridized carbons (Fsp3) is 0.182. The summed E-state index contributed by atoms with van der Waals surface area (Å²) < 4.78 is 1.03. The highest BCUT2D eigenvalue weighted by atomic mass is 79.9. The molecule has 0 saturated carbocycles. The number of rotatable bonds is 5. The van der Waals surface area contributed by atoms with Crippen LogP contribution >= 0.6 is 27.5 Å². The average molecular weight is 444 g/mol. The highest BCUT2D eigenvalue weighted by molar-refractivity contribution is 9.10. The van der Waals surface area contributed by atoms with E-state index in [1.807, 2.05) is 43.3 Å². The molecule has 1 N–H and O–H groups in total. The Labute approximate surface area is 172 Å². The Balaban J connectivity index is 2.05. The minimum atomic E-state index is 0.0368. The van der Waals surface area contributed by atoms with Crippen LogP contribution in [0, 0.1) is 13.8 Å². The van der Waals surface area contributed by atoms with Crippen molar-refractivity contribution in [2.24, 2.45) is 5.16 Å². The molecule has 0 amide bonds. The number of benzene rings is 2. The molecule has 138 valence electrons. The van der Waals surface area contributed by atoms with Gasteiger partial charge in [-0.1, -0.05) is 50.9 Å². The van der Waals surface area contributed by atoms with Crippen molar-refractivity contribution in [1.82, 2.24) is 4.98 Å². The Bertz CT molecular complexity index is 970. The van der Waals surface area contributed by atoms with Gasteiger partial charge in [-0.05, 0) is 66.9 Å². The monoisotopic (exact) mass is 442 g/mol. The van der Waals surface area contributed by atoms with Crippen LogP contribution in [-0.4, -0.2) is 15.9 Å². The summed E-state index contributed by atoms with van der Waals surface area (Å²) in [6.45, 7) is 3.98. The summed E-state index contributed by atoms with van der Waals surface area (Å²) in [6.07, 6.45) is 2.29. The number of aromatic nitrogens is 1. The summed E-state index contributed by atoms with van der Waals surface area (Å²) in [4.78, 5) is 4.23. The molecule has 1 atom stereocenters. The normalized spacial score (nSPS) is 12.8. The van der Waals surface area contributed by atoms with Crippen molar-refractivity contribution in [3.05, 3.63) is 98.2 Å². The fourth-order valence-corrected chi connectivity index (χ4v) is 3.76. The van der Waals surface area contributed by atoms with Gasteiger partial charge in [-0.25, -0.2) is 0 Å². The van der Waals surface area contributed by atoms with E-state index in [0.717, 1.165) is 32.4 Å². The van der Waals surface area contributed by atoms with Crippen molar-refractivity contribution >= 4 is 33.2 Å². The Kier molecular flexibility index (Phi) is 6.30. The van der Waals surface area contributed by atoms with E-state index in [2.05, 4.69) is 51.2 Å². The maximum absolute atomic E-state index is 9.71. The highest BCUT2D eigenvalue weighted by Gasteiger charge is 2.20. The van der Waals surface area contributed by atoms with Gasteiger partial charge in [0.25, 0.3) is 0 Å². The molecule has 3 aromatic rings. The standard InChI is InChI=1S/C22H20BrClN2O/c1-14-11-19(24)7-8-20(14)21(16-3-5-18(23)6-4-16)13-22(26-27)17-9-10-25-15(2)12-17/h3-12,21,27H,13H2,1-2H3/b26-22+. The molecular formula is C22H20BrClN2O. The van der Waals surface area contributed by atoms with E-state index < -0.39 is 0 Å². The fourth-order valence-electron chi connectivity index (χ4n) is 3.27. The lowest BCUT2D eigenvalue weighted by Crippen LogP contribution is -2.12. The van der Waals surface area contributed by atoms with Crippen LogP contribution in [0.15, 0.2) is 70.4 Å². The lowest BCUT2D eigenvalue weighted by Gasteiger charge is -2.21. The molecule has 3 nitrogen and oxygen atoms in total. The van der Waals surface area contributed by atoms with Gasteiger partial charge in [0, 0.05) is 39.3 Å². The Morgan fingerprint density at radius 1 is 1.11 bits per heavy atom. The van der Waals surface area contributed by atoms with Gasteiger partial charge in [-0.3, -0.25) is 4.98 Å². The van der Waals surface area contributed by atoms with Crippen LogP contribution in [0.1, 0.15) is 40.3 Å². The summed E-state index contributed by atoms with van der Waals surface area (Å²) in [5.41, 5.74) is 5.81. The number of pyridine rings is 1. The molecule has 0 fully saturated rings. The van der Waals surface area contributed by atoms with Crippen LogP contribution in [-0.2, 0) is 0 Å². The topological polar surface area (TPSA) is 45.5 Å². The molecule has 1 aromatic heterocycles. The van der Waals surface area contributed by atoms with Crippen LogP contribution in [0.2, 0.25) is 5.02 Å². The molecule has 0 aliphatic rings. The van der Waals surface area contributed by atoms with Crippen LogP contribution in [0.25, 0.3) is 0 Å². The molecule has 0 saturated heterocycles. The maximum atomic E-state index is 9.71. The van der Waals surface area contributed by atoms with Crippen molar-refractivity contribution in [3.63, 3.8) is 0 Å². The summed E-state index contributed by atoms with van der Waals surface area (Å²) in [7, 11) is 0. The molecule has 0 spiro atoms. The first-order valence-corrected chi connectivity index (χ1v) is 9.80. The molecule has 2 aromatic carbocycles. The third-order valence-corrected chi connectivity index (χ3v) is 5.39. The third kappa shape index (κ3) is 4.76. The van der Waals surface area contributed by atoms with Crippen LogP contribution < -0.4 is 0 Å². The van der Waals surface area contributed by atoms with Gasteiger partial charge in [0.05, 0.1) is 5.71 Å². The lowest BCUT2D eigenvalue weighted by atomic mass is 9.83. The lowest BCUT2D eigenvalue weighted by molar-refractivity contribution is 0.317. The van der Waals surface area contributed by atoms with Gasteiger partial charge in [-0.2, -0.15) is 0 Å². The summed E-state index contributed by atoms with van der Waals surface area (Å²) in [5.74, 6) is 0.0368. The van der Waals surface area contributed by atoms with E-state index in [1.54, 1.807) is 6.20 Å². The molecule has 3 rings (SSSR count). The molecule has 0 aliphatic carbocycles. The number of hydrogen-bond donors (Lipinski definition) is 1. The summed E-state index contributed by atoms with van der Waals surface area (Å²) >= 11 is 9.65. The van der Waals surface area contributed by atoms with Gasteiger partial charge in [-0.15, -0.1) is 0 Å². The van der Waals surface area contributed by atoms with Gasteiger partial charge in [0.15, 0.2) is 0 Å². The molecular weight excluding hydrogens is 424 g/mol. The van der Waals surface area contributed by atoms with Crippen LogP contribution in [0.5, 0.6) is 0 Å². The zero-order valence-electron chi connectivity index (χ0n) is 15.2. The molecule has 27 heavy (non-hydrogen) atoms. The Hall–Kier alpha value is -2.17. The first kappa shape index (κ1) is 19.6. The minimum absolute atomic E-state index is 0.0368. The van der Waals surface area contributed by atoms with Crippen molar-refractivity contribution in [2.45, 2.75) is 26.2 Å². The van der Waals surface area contributed by atoms with Gasteiger partial charge in [0.2, 0.25) is 0 Å². The van der Waals surface area contributed by atoms with Crippen molar-refractivity contribution < 1.29 is 5.21 Å². The zero-order valence-corrected chi connectivity index (χ0v) is 17.5. The van der Waals surface area contributed by atoms with Gasteiger partial charge < -0.3 is 5.21 Å². The van der Waals surface area contributed by atoms with Crippen molar-refractivity contribution in [1.29, 1.82) is 0 Å². The van der Waals surface area contributed by atoms with Crippen molar-refractivity contribution in [3.8, 4) is 0 Å². The average Bonchev–Trinajstić information content (AvgIpc) is 2.64. The number of oxime groups is 1. The highest BCUT2D eigenvalue weighted by Crippen LogP contribution is 2.33. The SMILES string of the molecule is Cc1cc(/C(CC(c2ccc(Br)cc2)c2ccc(Cl)cc2C)=N/O)ccn1. The molecule has 0 bridgehead atoms. The van der Waals surface area contributed by atoms with E-state index in [0.29, 0.717) is 17.2 Å². The van der Waals surface area contributed by atoms with E-state index in [9.17, 15) is 5.21 Å². The van der Waals surface area contributed by atoms with E-state index in [-0.39, 0.29) is 5.92 Å². The van der Waals surface area contributed by atoms with Crippen molar-refractivity contribution in [2.75, 3.05) is 0 Å². The van der Waals surface area contributed by atoms with E-state index in [4.69, 9.17) is 11.6 Å². The van der Waals surface area contributed by atoms with Gasteiger partial charge in [0.1, 0.15) is 0 Å². The second-order valence-electron chi connectivity index (χ2n) is 6.54. The summed E-state index contributed by atoms with van der Waals surface area (Å²) in [5, 5.41) is 14.0. The molecule has 0 radical (unpaired) electrons. The van der Waals surface area contributed by atoms with Gasteiger partial charge >= 0.3 is 0 Å². The first-order chi connectivity index (χ1) is 13.0. The predicted molar refractivity (Wildman–Crippen MR) is 114 cm³/mol. The molecule has 1 heterocycles. The smallest absolute Gasteiger partial charge is 0.0878 e. The van der Waals surface area contributed by atoms with E-state index >= 15 is 0 Å². The number of hydrogen-bond acceptors (Lipinski definition) is 3. The molecule has 5 heteroatoms. The maximum Gasteiger partial charge on any atom is 0.0878 e. The third-order valence-electron chi connectivity index (χ3n) is 4.63. The zero-order chi connectivity index (χ0) is 19.4. The molecule has 1 unspecified atom stereocenters.